The lowest BCUT2D eigenvalue weighted by Gasteiger charge is -2.10. The molecular formula is C37H22ClN3O. The van der Waals surface area contributed by atoms with Crippen molar-refractivity contribution in [2.75, 3.05) is 0 Å². The molecule has 0 spiro atoms. The summed E-state index contributed by atoms with van der Waals surface area (Å²) in [6, 6.07) is 45.0. The Bertz CT molecular complexity index is 2260. The summed E-state index contributed by atoms with van der Waals surface area (Å²) in [5.41, 5.74) is 6.35. The Morgan fingerprint density at radius 3 is 1.90 bits per heavy atom. The maximum atomic E-state index is 6.59. The monoisotopic (exact) mass is 559 g/mol. The number of rotatable bonds is 4. The quantitative estimate of drug-likeness (QED) is 0.215. The molecule has 5 heteroatoms. The molecule has 4 nitrogen and oxygen atoms in total. The van der Waals surface area contributed by atoms with Gasteiger partial charge in [0.25, 0.3) is 0 Å². The van der Waals surface area contributed by atoms with E-state index < -0.39 is 0 Å². The van der Waals surface area contributed by atoms with Crippen LogP contribution in [0.3, 0.4) is 0 Å². The maximum Gasteiger partial charge on any atom is 0.164 e. The summed E-state index contributed by atoms with van der Waals surface area (Å²) < 4.78 is 6.15. The molecule has 2 heterocycles. The number of hydrogen-bond donors (Lipinski definition) is 0. The minimum absolute atomic E-state index is 0.548. The van der Waals surface area contributed by atoms with E-state index in [2.05, 4.69) is 66.7 Å². The standard InChI is InChI=1S/C37H22ClN3O/c38-31-21-20-30(33-29-12-6-7-13-32(29)42-34(31)33)37-40-35(25-9-2-1-3-10-25)39-36(41-37)26-17-14-24(15-18-26)28-19-16-23-8-4-5-11-27(23)22-28/h1-22H. The molecule has 0 unspecified atom stereocenters. The van der Waals surface area contributed by atoms with Gasteiger partial charge in [0, 0.05) is 27.5 Å². The normalized spacial score (nSPS) is 11.5. The third kappa shape index (κ3) is 4.21. The van der Waals surface area contributed by atoms with Gasteiger partial charge in [0.15, 0.2) is 23.1 Å². The molecule has 0 amide bonds. The first kappa shape index (κ1) is 24.5. The van der Waals surface area contributed by atoms with Gasteiger partial charge in [0.05, 0.1) is 5.02 Å². The molecule has 0 saturated heterocycles. The predicted molar refractivity (Wildman–Crippen MR) is 171 cm³/mol. The first-order valence-electron chi connectivity index (χ1n) is 13.7. The number of aromatic nitrogens is 3. The SMILES string of the molecule is Clc1ccc(-c2nc(-c3ccccc3)nc(-c3ccc(-c4ccc5ccccc5c4)cc3)n2)c2c1oc1ccccc12. The number of nitrogens with zero attached hydrogens (tertiary/aromatic N) is 3. The van der Waals surface area contributed by atoms with E-state index in [0.29, 0.717) is 28.1 Å². The Morgan fingerprint density at radius 1 is 0.476 bits per heavy atom. The molecule has 8 aromatic rings. The average Bonchev–Trinajstić information content (AvgIpc) is 3.46. The van der Waals surface area contributed by atoms with E-state index in [-0.39, 0.29) is 0 Å². The van der Waals surface area contributed by atoms with Crippen LogP contribution in [0.2, 0.25) is 5.02 Å². The zero-order chi connectivity index (χ0) is 28.0. The van der Waals surface area contributed by atoms with Crippen molar-refractivity contribution < 1.29 is 4.42 Å². The molecule has 0 radical (unpaired) electrons. The van der Waals surface area contributed by atoms with Crippen molar-refractivity contribution in [3.05, 3.63) is 138 Å². The van der Waals surface area contributed by atoms with Crippen LogP contribution in [0.5, 0.6) is 0 Å². The first-order valence-corrected chi connectivity index (χ1v) is 14.1. The smallest absolute Gasteiger partial charge is 0.164 e. The van der Waals surface area contributed by atoms with Gasteiger partial charge in [0.2, 0.25) is 0 Å². The zero-order valence-corrected chi connectivity index (χ0v) is 23.1. The zero-order valence-electron chi connectivity index (χ0n) is 22.3. The van der Waals surface area contributed by atoms with Gasteiger partial charge in [-0.2, -0.15) is 0 Å². The molecule has 0 saturated carbocycles. The van der Waals surface area contributed by atoms with Crippen LogP contribution in [-0.2, 0) is 0 Å². The molecule has 0 aliphatic rings. The molecule has 42 heavy (non-hydrogen) atoms. The van der Waals surface area contributed by atoms with Gasteiger partial charge < -0.3 is 4.42 Å². The number of para-hydroxylation sites is 1. The van der Waals surface area contributed by atoms with E-state index >= 15 is 0 Å². The molecule has 2 aromatic heterocycles. The number of halogens is 1. The fraction of sp³-hybridized carbons (Fsp3) is 0. The average molecular weight is 560 g/mol. The Hall–Kier alpha value is -5.32. The summed E-state index contributed by atoms with van der Waals surface area (Å²) in [5, 5.41) is 4.85. The summed E-state index contributed by atoms with van der Waals surface area (Å²) >= 11 is 6.59. The lowest BCUT2D eigenvalue weighted by atomic mass is 10.00. The fourth-order valence-corrected chi connectivity index (χ4v) is 5.70. The van der Waals surface area contributed by atoms with Gasteiger partial charge >= 0.3 is 0 Å². The molecule has 0 bridgehead atoms. The van der Waals surface area contributed by atoms with Crippen LogP contribution in [0.15, 0.2) is 138 Å². The number of furan rings is 1. The van der Waals surface area contributed by atoms with Crippen molar-refractivity contribution in [3.63, 3.8) is 0 Å². The highest BCUT2D eigenvalue weighted by atomic mass is 35.5. The third-order valence-electron chi connectivity index (χ3n) is 7.61. The van der Waals surface area contributed by atoms with Crippen LogP contribution >= 0.6 is 11.6 Å². The van der Waals surface area contributed by atoms with E-state index in [0.717, 1.165) is 44.2 Å². The maximum absolute atomic E-state index is 6.59. The van der Waals surface area contributed by atoms with Crippen molar-refractivity contribution in [2.24, 2.45) is 0 Å². The van der Waals surface area contributed by atoms with Crippen LogP contribution in [0.4, 0.5) is 0 Å². The Balaban J connectivity index is 1.29. The highest BCUT2D eigenvalue weighted by molar-refractivity contribution is 6.36. The second-order valence-corrected chi connectivity index (χ2v) is 10.6. The van der Waals surface area contributed by atoms with E-state index in [1.165, 1.54) is 10.8 Å². The van der Waals surface area contributed by atoms with Gasteiger partial charge in [-0.3, -0.25) is 0 Å². The van der Waals surface area contributed by atoms with Gasteiger partial charge in [-0.25, -0.2) is 15.0 Å². The van der Waals surface area contributed by atoms with Gasteiger partial charge in [-0.15, -0.1) is 0 Å². The van der Waals surface area contributed by atoms with E-state index in [4.69, 9.17) is 31.0 Å². The predicted octanol–water partition coefficient (Wildman–Crippen LogP) is 10.2. The second kappa shape index (κ2) is 9.95. The van der Waals surface area contributed by atoms with Crippen molar-refractivity contribution >= 4 is 44.3 Å². The summed E-state index contributed by atoms with van der Waals surface area (Å²) in [7, 11) is 0. The lowest BCUT2D eigenvalue weighted by molar-refractivity contribution is 0.669. The second-order valence-electron chi connectivity index (χ2n) is 10.2. The van der Waals surface area contributed by atoms with Gasteiger partial charge in [-0.05, 0) is 46.2 Å². The Morgan fingerprint density at radius 2 is 1.10 bits per heavy atom. The number of hydrogen-bond acceptors (Lipinski definition) is 4. The van der Waals surface area contributed by atoms with Crippen LogP contribution < -0.4 is 0 Å². The largest absolute Gasteiger partial charge is 0.454 e. The molecular weight excluding hydrogens is 538 g/mol. The van der Waals surface area contributed by atoms with Gasteiger partial charge in [0.1, 0.15) is 5.58 Å². The third-order valence-corrected chi connectivity index (χ3v) is 7.91. The summed E-state index contributed by atoms with van der Waals surface area (Å²) in [6.07, 6.45) is 0. The Kier molecular flexibility index (Phi) is 5.80. The van der Waals surface area contributed by atoms with Crippen LogP contribution in [0.1, 0.15) is 0 Å². The van der Waals surface area contributed by atoms with Crippen LogP contribution in [0.25, 0.3) is 78.0 Å². The molecule has 0 atom stereocenters. The minimum Gasteiger partial charge on any atom is -0.454 e. The molecule has 0 fully saturated rings. The fourth-order valence-electron chi connectivity index (χ4n) is 5.51. The molecule has 0 aliphatic carbocycles. The van der Waals surface area contributed by atoms with Crippen molar-refractivity contribution in [1.82, 2.24) is 15.0 Å². The van der Waals surface area contributed by atoms with E-state index in [9.17, 15) is 0 Å². The molecule has 6 aromatic carbocycles. The minimum atomic E-state index is 0.548. The molecule has 8 rings (SSSR count). The molecule has 0 N–H and O–H groups in total. The van der Waals surface area contributed by atoms with Gasteiger partial charge in [-0.1, -0.05) is 121 Å². The van der Waals surface area contributed by atoms with Crippen LogP contribution in [0, 0.1) is 0 Å². The molecule has 0 aliphatic heterocycles. The first-order chi connectivity index (χ1) is 20.7. The van der Waals surface area contributed by atoms with Crippen LogP contribution in [-0.4, -0.2) is 15.0 Å². The van der Waals surface area contributed by atoms with Crippen molar-refractivity contribution in [2.45, 2.75) is 0 Å². The topological polar surface area (TPSA) is 51.8 Å². The number of benzene rings is 6. The van der Waals surface area contributed by atoms with Crippen molar-refractivity contribution in [3.8, 4) is 45.3 Å². The summed E-state index contributed by atoms with van der Waals surface area (Å²) in [5.74, 6) is 1.76. The van der Waals surface area contributed by atoms with Crippen molar-refractivity contribution in [1.29, 1.82) is 0 Å². The van der Waals surface area contributed by atoms with E-state index in [1.54, 1.807) is 0 Å². The summed E-state index contributed by atoms with van der Waals surface area (Å²) in [6.45, 7) is 0. The Labute approximate surface area is 246 Å². The highest BCUT2D eigenvalue weighted by Gasteiger charge is 2.19. The lowest BCUT2D eigenvalue weighted by Crippen LogP contribution is -2.00. The highest BCUT2D eigenvalue weighted by Crippen LogP contribution is 2.40. The number of fused-ring (bicyclic) bond motifs is 4. The molecule has 198 valence electrons. The summed E-state index contributed by atoms with van der Waals surface area (Å²) in [4.78, 5) is 14.9. The van der Waals surface area contributed by atoms with E-state index in [1.807, 2.05) is 66.7 Å².